The van der Waals surface area contributed by atoms with E-state index in [0.717, 1.165) is 22.5 Å². The van der Waals surface area contributed by atoms with Crippen molar-refractivity contribution in [2.75, 3.05) is 11.1 Å². The third kappa shape index (κ3) is 5.78. The summed E-state index contributed by atoms with van der Waals surface area (Å²) in [5.74, 6) is -0.167. The Kier molecular flexibility index (Phi) is 7.35. The molecule has 32 heavy (non-hydrogen) atoms. The normalized spacial score (nSPS) is 11.6. The molecule has 1 N–H and O–H groups in total. The number of nitrogens with zero attached hydrogens (tertiary/aromatic N) is 3. The predicted octanol–water partition coefficient (Wildman–Crippen LogP) is 3.76. The van der Waals surface area contributed by atoms with Crippen molar-refractivity contribution in [2.45, 2.75) is 24.8 Å². The van der Waals surface area contributed by atoms with Crippen LogP contribution in [0, 0.1) is 18.3 Å². The van der Waals surface area contributed by atoms with Crippen LogP contribution in [0.1, 0.15) is 23.6 Å². The molecule has 8 nitrogen and oxygen atoms in total. The number of nitrogens with one attached hydrogen (secondary N) is 1. The summed E-state index contributed by atoms with van der Waals surface area (Å²) < 4.78 is 29.3. The highest BCUT2D eigenvalue weighted by Crippen LogP contribution is 2.22. The Bertz CT molecular complexity index is 1290. The van der Waals surface area contributed by atoms with E-state index < -0.39 is 15.7 Å². The van der Waals surface area contributed by atoms with Crippen LogP contribution in [0.2, 0.25) is 0 Å². The smallest absolute Gasteiger partial charge is 0.268 e. The Morgan fingerprint density at radius 3 is 2.56 bits per heavy atom. The first-order valence-electron chi connectivity index (χ1n) is 9.59. The number of nitriles is 1. The summed E-state index contributed by atoms with van der Waals surface area (Å²) in [4.78, 5) is 12.4. The summed E-state index contributed by atoms with van der Waals surface area (Å²) in [7, 11) is -3.51. The Labute approximate surface area is 190 Å². The number of benzene rings is 2. The minimum absolute atomic E-state index is 0.00290. The molecule has 164 valence electrons. The van der Waals surface area contributed by atoms with E-state index in [0.29, 0.717) is 17.9 Å². The van der Waals surface area contributed by atoms with Gasteiger partial charge in [0.2, 0.25) is 19.3 Å². The molecule has 0 saturated heterocycles. The maximum Gasteiger partial charge on any atom is 0.268 e. The summed E-state index contributed by atoms with van der Waals surface area (Å²) in [6.45, 7) is 3.95. The number of aryl methyl sites for hydroxylation is 1. The number of hydrogen-bond donors (Lipinski definition) is 1. The maximum absolute atomic E-state index is 12.4. The topological polar surface area (TPSA) is 122 Å². The minimum atomic E-state index is -3.51. The monoisotopic (exact) mass is 468 g/mol. The molecule has 0 fully saturated rings. The third-order valence-corrected chi connectivity index (χ3v) is 7.50. The molecule has 0 radical (unpaired) electrons. The second kappa shape index (κ2) is 10.2. The molecule has 0 spiro atoms. The molecule has 2 aromatic carbocycles. The van der Waals surface area contributed by atoms with Gasteiger partial charge in [-0.05, 0) is 41.8 Å². The van der Waals surface area contributed by atoms with Gasteiger partial charge in [-0.25, -0.2) is 8.42 Å². The molecule has 0 bridgehead atoms. The molecule has 0 aliphatic heterocycles. The van der Waals surface area contributed by atoms with E-state index in [1.54, 1.807) is 24.3 Å². The molecular weight excluding hydrogens is 448 g/mol. The van der Waals surface area contributed by atoms with Gasteiger partial charge in [-0.15, -0.1) is 10.2 Å². The number of carbonyl (C=O) groups excluding carboxylic acids is 1. The first-order chi connectivity index (χ1) is 15.3. The number of rotatable bonds is 8. The van der Waals surface area contributed by atoms with Gasteiger partial charge in [0.05, 0.1) is 5.75 Å². The number of amides is 1. The number of anilines is 1. The van der Waals surface area contributed by atoms with E-state index in [1.165, 1.54) is 13.0 Å². The Morgan fingerprint density at radius 2 is 1.91 bits per heavy atom. The fourth-order valence-electron chi connectivity index (χ4n) is 2.58. The van der Waals surface area contributed by atoms with E-state index >= 15 is 0 Å². The SMILES string of the molecule is CCS(=O)(=O)c1nnc(NC(=O)/C(C#N)=C\c2ccc(OCc3ccccc3C)cc2)s1. The van der Waals surface area contributed by atoms with Gasteiger partial charge in [0, 0.05) is 0 Å². The fourth-order valence-corrected chi connectivity index (χ4v) is 4.57. The molecule has 0 atom stereocenters. The summed E-state index contributed by atoms with van der Waals surface area (Å²) in [6, 6.07) is 16.8. The van der Waals surface area contributed by atoms with Crippen molar-refractivity contribution in [3.05, 3.63) is 70.8 Å². The first-order valence-corrected chi connectivity index (χ1v) is 12.1. The van der Waals surface area contributed by atoms with E-state index in [-0.39, 0.29) is 20.8 Å². The lowest BCUT2D eigenvalue weighted by Crippen LogP contribution is -2.13. The number of ether oxygens (including phenoxy) is 1. The molecule has 10 heteroatoms. The standard InChI is InChI=1S/C22H20N4O4S2/c1-3-32(28,29)22-26-25-21(31-22)24-20(27)18(13-23)12-16-8-10-19(11-9-16)30-14-17-7-5-4-6-15(17)2/h4-12H,3,14H2,1-2H3,(H,24,25,27)/b18-12-. The fraction of sp³-hybridized carbons (Fsp3) is 0.182. The number of aromatic nitrogens is 2. The largest absolute Gasteiger partial charge is 0.489 e. The number of carbonyl (C=O) groups is 1. The highest BCUT2D eigenvalue weighted by molar-refractivity contribution is 7.93. The van der Waals surface area contributed by atoms with Crippen LogP contribution in [0.4, 0.5) is 5.13 Å². The van der Waals surface area contributed by atoms with Crippen molar-refractivity contribution >= 4 is 38.3 Å². The molecule has 0 saturated carbocycles. The summed E-state index contributed by atoms with van der Waals surface area (Å²) in [5.41, 5.74) is 2.71. The Balaban J connectivity index is 1.66. The highest BCUT2D eigenvalue weighted by Gasteiger charge is 2.19. The molecule has 3 aromatic rings. The zero-order valence-electron chi connectivity index (χ0n) is 17.4. The second-order valence-corrected chi connectivity index (χ2v) is 10.1. The first kappa shape index (κ1) is 23.1. The predicted molar refractivity (Wildman–Crippen MR) is 122 cm³/mol. The molecule has 1 aromatic heterocycles. The highest BCUT2D eigenvalue weighted by atomic mass is 32.2. The van der Waals surface area contributed by atoms with Crippen LogP contribution in [0.25, 0.3) is 6.08 Å². The quantitative estimate of drug-likeness (QED) is 0.303. The van der Waals surface area contributed by atoms with Crippen LogP contribution in [0.15, 0.2) is 58.4 Å². The lowest BCUT2D eigenvalue weighted by atomic mass is 10.1. The van der Waals surface area contributed by atoms with Gasteiger partial charge in [-0.1, -0.05) is 54.7 Å². The zero-order valence-corrected chi connectivity index (χ0v) is 19.0. The van der Waals surface area contributed by atoms with Gasteiger partial charge in [0.15, 0.2) is 0 Å². The van der Waals surface area contributed by atoms with Gasteiger partial charge in [0.25, 0.3) is 5.91 Å². The van der Waals surface area contributed by atoms with E-state index in [9.17, 15) is 18.5 Å². The van der Waals surface area contributed by atoms with Crippen molar-refractivity contribution in [1.82, 2.24) is 10.2 Å². The molecule has 0 aliphatic rings. The molecule has 0 unspecified atom stereocenters. The average Bonchev–Trinajstić information content (AvgIpc) is 3.27. The van der Waals surface area contributed by atoms with Crippen LogP contribution in [-0.4, -0.2) is 30.3 Å². The summed E-state index contributed by atoms with van der Waals surface area (Å²) >= 11 is 0.738. The van der Waals surface area contributed by atoms with E-state index in [4.69, 9.17) is 4.74 Å². The zero-order chi connectivity index (χ0) is 23.1. The van der Waals surface area contributed by atoms with Gasteiger partial charge in [-0.3, -0.25) is 10.1 Å². The van der Waals surface area contributed by atoms with Crippen molar-refractivity contribution in [1.29, 1.82) is 5.26 Å². The average molecular weight is 469 g/mol. The van der Waals surface area contributed by atoms with Gasteiger partial charge in [-0.2, -0.15) is 5.26 Å². The van der Waals surface area contributed by atoms with E-state index in [1.807, 2.05) is 37.3 Å². The number of sulfone groups is 1. The lowest BCUT2D eigenvalue weighted by molar-refractivity contribution is -0.112. The van der Waals surface area contributed by atoms with Crippen LogP contribution < -0.4 is 10.1 Å². The van der Waals surface area contributed by atoms with Crippen molar-refractivity contribution < 1.29 is 17.9 Å². The van der Waals surface area contributed by atoms with Crippen LogP contribution in [0.5, 0.6) is 5.75 Å². The Morgan fingerprint density at radius 1 is 1.19 bits per heavy atom. The van der Waals surface area contributed by atoms with Crippen LogP contribution in [-0.2, 0) is 21.2 Å². The Hall–Kier alpha value is -3.55. The van der Waals surface area contributed by atoms with Crippen molar-refractivity contribution in [3.63, 3.8) is 0 Å². The molecular formula is C22H20N4O4S2. The summed E-state index contributed by atoms with van der Waals surface area (Å²) in [5, 5.41) is 19.0. The number of hydrogen-bond acceptors (Lipinski definition) is 8. The van der Waals surface area contributed by atoms with Gasteiger partial charge in [0.1, 0.15) is 24.0 Å². The van der Waals surface area contributed by atoms with Gasteiger partial charge >= 0.3 is 0 Å². The summed E-state index contributed by atoms with van der Waals surface area (Å²) in [6.07, 6.45) is 1.42. The molecule has 0 aliphatic carbocycles. The lowest BCUT2D eigenvalue weighted by Gasteiger charge is -2.08. The third-order valence-electron chi connectivity index (χ3n) is 4.48. The van der Waals surface area contributed by atoms with Crippen molar-refractivity contribution in [3.8, 4) is 11.8 Å². The van der Waals surface area contributed by atoms with Crippen LogP contribution in [0.3, 0.4) is 0 Å². The van der Waals surface area contributed by atoms with Crippen molar-refractivity contribution in [2.24, 2.45) is 0 Å². The molecule has 1 heterocycles. The minimum Gasteiger partial charge on any atom is -0.489 e. The molecule has 1 amide bonds. The second-order valence-electron chi connectivity index (χ2n) is 6.68. The maximum atomic E-state index is 12.4. The molecule has 3 rings (SSSR count). The van der Waals surface area contributed by atoms with Crippen LogP contribution >= 0.6 is 11.3 Å². The van der Waals surface area contributed by atoms with Gasteiger partial charge < -0.3 is 4.74 Å². The van der Waals surface area contributed by atoms with E-state index in [2.05, 4.69) is 15.5 Å².